The zero-order chi connectivity index (χ0) is 20.5. The number of pyridine rings is 1. The first-order valence-corrected chi connectivity index (χ1v) is 9.52. The molecule has 3 aliphatic rings. The first-order chi connectivity index (χ1) is 13.1. The SMILES string of the molecule is CNC1CCN(C)C2=C1C(O)c1c(n(C)c3c(c1=O)C(F)(F)CCN3C)N2C. The molecule has 0 aliphatic carbocycles. The monoisotopic (exact) mass is 395 g/mol. The van der Waals surface area contributed by atoms with Crippen LogP contribution in [-0.2, 0) is 13.0 Å². The molecule has 4 rings (SSSR count). The Hall–Kier alpha value is -2.13. The minimum atomic E-state index is -3.22. The van der Waals surface area contributed by atoms with Crippen molar-refractivity contribution in [2.45, 2.75) is 30.9 Å². The number of aliphatic hydroxyl groups excluding tert-OH is 1. The number of anilines is 2. The van der Waals surface area contributed by atoms with E-state index >= 15 is 0 Å². The maximum atomic E-state index is 14.8. The number of likely N-dealkylation sites (N-methyl/N-ethyl adjacent to an activating group) is 1. The summed E-state index contributed by atoms with van der Waals surface area (Å²) in [5, 5.41) is 14.4. The van der Waals surface area contributed by atoms with Crippen LogP contribution in [0.5, 0.6) is 0 Å². The predicted molar refractivity (Wildman–Crippen MR) is 104 cm³/mol. The molecule has 28 heavy (non-hydrogen) atoms. The van der Waals surface area contributed by atoms with Gasteiger partial charge in [-0.15, -0.1) is 0 Å². The molecule has 7 nitrogen and oxygen atoms in total. The standard InChI is InChI=1S/C19H27F2N5O2/c1-22-10-6-8-23(2)16-11(10)14(27)12-15(28)13-18(26(5)17(12)25(16)4)24(3)9-7-19(13,20)21/h10,14,22,27H,6-9H2,1-5H3. The Kier molecular flexibility index (Phi) is 4.24. The van der Waals surface area contributed by atoms with Gasteiger partial charge in [0.1, 0.15) is 29.1 Å². The maximum absolute atomic E-state index is 14.8. The molecule has 2 unspecified atom stereocenters. The second-order valence-corrected chi connectivity index (χ2v) is 7.99. The third-order valence-corrected chi connectivity index (χ3v) is 6.36. The molecule has 9 heteroatoms. The minimum absolute atomic E-state index is 0.0352. The number of nitrogens with one attached hydrogen (secondary N) is 1. The van der Waals surface area contributed by atoms with Crippen LogP contribution < -0.4 is 20.5 Å². The lowest BCUT2D eigenvalue weighted by atomic mass is 9.86. The summed E-state index contributed by atoms with van der Waals surface area (Å²) in [6, 6.07) is -0.124. The molecule has 2 atom stereocenters. The van der Waals surface area contributed by atoms with Crippen LogP contribution in [0.4, 0.5) is 20.4 Å². The number of aromatic nitrogens is 1. The van der Waals surface area contributed by atoms with Crippen molar-refractivity contribution in [2.24, 2.45) is 7.05 Å². The number of nitrogens with zero attached hydrogens (tertiary/aromatic N) is 4. The normalized spacial score (nSPS) is 26.2. The van der Waals surface area contributed by atoms with Gasteiger partial charge in [0.15, 0.2) is 0 Å². The average Bonchev–Trinajstić information content (AvgIpc) is 2.64. The van der Waals surface area contributed by atoms with Crippen molar-refractivity contribution in [1.82, 2.24) is 14.8 Å². The molecular weight excluding hydrogens is 368 g/mol. The van der Waals surface area contributed by atoms with Gasteiger partial charge in [-0.1, -0.05) is 0 Å². The topological polar surface area (TPSA) is 64.0 Å². The summed E-state index contributed by atoms with van der Waals surface area (Å²) in [6.07, 6.45) is -0.879. The molecule has 3 aliphatic heterocycles. The lowest BCUT2D eigenvalue weighted by Gasteiger charge is -2.47. The van der Waals surface area contributed by atoms with Gasteiger partial charge in [0, 0.05) is 59.3 Å². The summed E-state index contributed by atoms with van der Waals surface area (Å²) >= 11 is 0. The van der Waals surface area contributed by atoms with Crippen LogP contribution >= 0.6 is 0 Å². The van der Waals surface area contributed by atoms with Gasteiger partial charge in [-0.3, -0.25) is 4.79 Å². The van der Waals surface area contributed by atoms with Gasteiger partial charge in [0.25, 0.3) is 5.92 Å². The number of alkyl halides is 2. The van der Waals surface area contributed by atoms with Crippen LogP contribution in [0.2, 0.25) is 0 Å². The fourth-order valence-electron chi connectivity index (χ4n) is 5.03. The van der Waals surface area contributed by atoms with Gasteiger partial charge < -0.3 is 29.7 Å². The second kappa shape index (κ2) is 6.18. The lowest BCUT2D eigenvalue weighted by Crippen LogP contribution is -2.51. The van der Waals surface area contributed by atoms with E-state index in [-0.39, 0.29) is 24.0 Å². The van der Waals surface area contributed by atoms with E-state index < -0.39 is 29.4 Å². The van der Waals surface area contributed by atoms with E-state index in [0.29, 0.717) is 11.4 Å². The van der Waals surface area contributed by atoms with E-state index in [0.717, 1.165) is 18.8 Å². The van der Waals surface area contributed by atoms with Crippen molar-refractivity contribution in [2.75, 3.05) is 51.1 Å². The summed E-state index contributed by atoms with van der Waals surface area (Å²) in [5.74, 6) is -1.73. The van der Waals surface area contributed by atoms with Crippen molar-refractivity contribution in [1.29, 1.82) is 0 Å². The molecule has 0 saturated carbocycles. The molecule has 0 spiro atoms. The molecule has 0 radical (unpaired) electrons. The third-order valence-electron chi connectivity index (χ3n) is 6.36. The largest absolute Gasteiger partial charge is 0.383 e. The Bertz CT molecular complexity index is 926. The highest BCUT2D eigenvalue weighted by Crippen LogP contribution is 2.47. The van der Waals surface area contributed by atoms with Gasteiger partial charge in [0.2, 0.25) is 5.43 Å². The number of aliphatic hydroxyl groups is 1. The molecule has 0 amide bonds. The molecule has 4 heterocycles. The quantitative estimate of drug-likeness (QED) is 0.738. The number of hydrogen-bond donors (Lipinski definition) is 2. The fraction of sp³-hybridized carbons (Fsp3) is 0.632. The Balaban J connectivity index is 2.05. The Labute approximate surface area is 162 Å². The van der Waals surface area contributed by atoms with Crippen molar-refractivity contribution >= 4 is 11.6 Å². The van der Waals surface area contributed by atoms with Crippen molar-refractivity contribution < 1.29 is 13.9 Å². The van der Waals surface area contributed by atoms with Gasteiger partial charge in [0.05, 0.1) is 5.56 Å². The number of hydrogen-bond acceptors (Lipinski definition) is 6. The molecule has 0 aromatic carbocycles. The highest BCUT2D eigenvalue weighted by molar-refractivity contribution is 5.68. The summed E-state index contributed by atoms with van der Waals surface area (Å²) in [4.78, 5) is 18.9. The highest BCUT2D eigenvalue weighted by atomic mass is 19.3. The molecule has 2 N–H and O–H groups in total. The van der Waals surface area contributed by atoms with Crippen LogP contribution in [0.25, 0.3) is 0 Å². The van der Waals surface area contributed by atoms with Crippen LogP contribution in [0.1, 0.15) is 30.1 Å². The first-order valence-electron chi connectivity index (χ1n) is 9.52. The zero-order valence-electron chi connectivity index (χ0n) is 16.9. The molecule has 1 aromatic heterocycles. The molecule has 0 fully saturated rings. The minimum Gasteiger partial charge on any atom is -0.383 e. The van der Waals surface area contributed by atoms with E-state index in [4.69, 9.17) is 0 Å². The first kappa shape index (κ1) is 19.2. The van der Waals surface area contributed by atoms with Crippen molar-refractivity contribution in [3.05, 3.63) is 32.7 Å². The number of halogens is 2. The second-order valence-electron chi connectivity index (χ2n) is 7.99. The molecule has 1 aromatic rings. The lowest BCUT2D eigenvalue weighted by molar-refractivity contribution is -0.0168. The van der Waals surface area contributed by atoms with Crippen LogP contribution in [0.15, 0.2) is 16.2 Å². The van der Waals surface area contributed by atoms with E-state index in [1.807, 2.05) is 23.9 Å². The maximum Gasteiger partial charge on any atom is 0.282 e. The van der Waals surface area contributed by atoms with Crippen molar-refractivity contribution in [3.8, 4) is 0 Å². The number of rotatable bonds is 1. The average molecular weight is 395 g/mol. The highest BCUT2D eigenvalue weighted by Gasteiger charge is 2.48. The predicted octanol–water partition coefficient (Wildman–Crippen LogP) is 0.935. The number of fused-ring (bicyclic) bond motifs is 2. The van der Waals surface area contributed by atoms with E-state index in [2.05, 4.69) is 5.32 Å². The van der Waals surface area contributed by atoms with Gasteiger partial charge >= 0.3 is 0 Å². The third kappa shape index (κ3) is 2.35. The van der Waals surface area contributed by atoms with Gasteiger partial charge in [-0.05, 0) is 13.5 Å². The molecule has 0 bridgehead atoms. The Morgan fingerprint density at radius 1 is 1.11 bits per heavy atom. The van der Waals surface area contributed by atoms with Crippen LogP contribution in [0.3, 0.4) is 0 Å². The molecule has 0 saturated heterocycles. The molecular formula is C19H27F2N5O2. The van der Waals surface area contributed by atoms with Crippen LogP contribution in [-0.4, -0.2) is 61.9 Å². The zero-order valence-corrected chi connectivity index (χ0v) is 16.9. The Morgan fingerprint density at radius 3 is 2.43 bits per heavy atom. The van der Waals surface area contributed by atoms with Crippen molar-refractivity contribution in [3.63, 3.8) is 0 Å². The summed E-state index contributed by atoms with van der Waals surface area (Å²) < 4.78 is 31.2. The Morgan fingerprint density at radius 2 is 1.79 bits per heavy atom. The fourth-order valence-corrected chi connectivity index (χ4v) is 5.03. The summed E-state index contributed by atoms with van der Waals surface area (Å²) in [6.45, 7) is 0.946. The smallest absolute Gasteiger partial charge is 0.282 e. The van der Waals surface area contributed by atoms with E-state index in [9.17, 15) is 18.7 Å². The summed E-state index contributed by atoms with van der Waals surface area (Å²) in [7, 11) is 8.96. The van der Waals surface area contributed by atoms with E-state index in [1.54, 1.807) is 30.6 Å². The van der Waals surface area contributed by atoms with E-state index in [1.165, 1.54) is 0 Å². The summed E-state index contributed by atoms with van der Waals surface area (Å²) in [5.41, 5.74) is -0.568. The van der Waals surface area contributed by atoms with Gasteiger partial charge in [-0.2, -0.15) is 0 Å². The molecule has 154 valence electrons. The van der Waals surface area contributed by atoms with Crippen LogP contribution in [0, 0.1) is 0 Å². The van der Waals surface area contributed by atoms with Gasteiger partial charge in [-0.25, -0.2) is 8.78 Å².